The van der Waals surface area contributed by atoms with E-state index in [1.165, 1.54) is 16.8 Å². The maximum Gasteiger partial charge on any atom is 0.271 e. The predicted molar refractivity (Wildman–Crippen MR) is 133 cm³/mol. The highest BCUT2D eigenvalue weighted by Gasteiger charge is 2.42. The van der Waals surface area contributed by atoms with Crippen LogP contribution in [0.5, 0.6) is 0 Å². The van der Waals surface area contributed by atoms with Gasteiger partial charge < -0.3 is 4.90 Å². The SMILES string of the molecule is Cc1ccccc1-n1nc(-c2sc(N3CC4CC3CN4C)nc2-c2ccc(F)cc2)ccc1=O. The number of rotatable bonds is 4. The number of benzene rings is 2. The summed E-state index contributed by atoms with van der Waals surface area (Å²) in [5, 5.41) is 5.70. The Morgan fingerprint density at radius 3 is 2.50 bits per heavy atom. The Balaban J connectivity index is 1.49. The molecule has 2 aliphatic rings. The minimum Gasteiger partial charge on any atom is -0.342 e. The molecule has 4 heterocycles. The molecule has 0 N–H and O–H groups in total. The average molecular weight is 474 g/mol. The molecule has 0 amide bonds. The summed E-state index contributed by atoms with van der Waals surface area (Å²) in [7, 11) is 2.18. The Bertz CT molecular complexity index is 1430. The maximum absolute atomic E-state index is 13.7. The first kappa shape index (κ1) is 21.2. The number of likely N-dealkylation sites (tertiary alicyclic amines) is 1. The third-order valence-corrected chi connectivity index (χ3v) is 7.99. The smallest absolute Gasteiger partial charge is 0.271 e. The fourth-order valence-electron chi connectivity index (χ4n) is 5.01. The largest absolute Gasteiger partial charge is 0.342 e. The lowest BCUT2D eigenvalue weighted by Gasteiger charge is -2.31. The van der Waals surface area contributed by atoms with Crippen molar-refractivity contribution in [1.82, 2.24) is 19.7 Å². The van der Waals surface area contributed by atoms with Gasteiger partial charge in [-0.1, -0.05) is 29.5 Å². The molecule has 2 atom stereocenters. The number of para-hydroxylation sites is 1. The number of aromatic nitrogens is 3. The van der Waals surface area contributed by atoms with Gasteiger partial charge in [-0.15, -0.1) is 0 Å². The summed E-state index contributed by atoms with van der Waals surface area (Å²) in [5.41, 5.74) is 3.80. The molecule has 172 valence electrons. The standard InChI is InChI=1S/C26H24FN5OS/c1-16-5-3-4-6-22(16)32-23(33)12-11-21(29-32)25-24(17-7-9-18(27)10-8-17)28-26(34-25)31-15-19-13-20(31)14-30(19)2/h3-12,19-20H,13-15H2,1-2H3. The summed E-state index contributed by atoms with van der Waals surface area (Å²) >= 11 is 1.59. The van der Waals surface area contributed by atoms with E-state index in [-0.39, 0.29) is 11.4 Å². The van der Waals surface area contributed by atoms with Crippen LogP contribution in [0.4, 0.5) is 9.52 Å². The second-order valence-electron chi connectivity index (χ2n) is 9.07. The summed E-state index contributed by atoms with van der Waals surface area (Å²) in [6, 6.07) is 18.4. The zero-order valence-electron chi connectivity index (χ0n) is 19.0. The molecule has 0 radical (unpaired) electrons. The molecule has 0 saturated carbocycles. The number of likely N-dealkylation sites (N-methyl/N-ethyl adjacent to an activating group) is 1. The number of anilines is 1. The molecule has 0 spiro atoms. The molecule has 2 unspecified atom stereocenters. The fraction of sp³-hybridized carbons (Fsp3) is 0.269. The molecule has 4 aromatic rings. The fourth-order valence-corrected chi connectivity index (χ4v) is 6.15. The van der Waals surface area contributed by atoms with Crippen LogP contribution < -0.4 is 10.5 Å². The van der Waals surface area contributed by atoms with Gasteiger partial charge in [-0.3, -0.25) is 9.69 Å². The van der Waals surface area contributed by atoms with Crippen LogP contribution in [0.1, 0.15) is 12.0 Å². The number of nitrogens with zero attached hydrogens (tertiary/aromatic N) is 5. The molecule has 6 rings (SSSR count). The Hall–Kier alpha value is -3.36. The second kappa shape index (κ2) is 8.14. The topological polar surface area (TPSA) is 54.3 Å². The van der Waals surface area contributed by atoms with Crippen molar-refractivity contribution in [2.24, 2.45) is 0 Å². The number of thiazole rings is 1. The van der Waals surface area contributed by atoms with Gasteiger partial charge in [0.2, 0.25) is 0 Å². The first-order valence-electron chi connectivity index (χ1n) is 11.4. The van der Waals surface area contributed by atoms with E-state index in [0.717, 1.165) is 52.0 Å². The van der Waals surface area contributed by atoms with E-state index in [0.29, 0.717) is 17.8 Å². The van der Waals surface area contributed by atoms with Crippen molar-refractivity contribution in [3.63, 3.8) is 0 Å². The molecule has 2 bridgehead atoms. The van der Waals surface area contributed by atoms with Crippen LogP contribution in [0.2, 0.25) is 0 Å². The van der Waals surface area contributed by atoms with Gasteiger partial charge in [-0.2, -0.15) is 9.78 Å². The van der Waals surface area contributed by atoms with Crippen molar-refractivity contribution in [3.05, 3.63) is 82.4 Å². The van der Waals surface area contributed by atoms with Crippen molar-refractivity contribution in [2.75, 3.05) is 25.0 Å². The van der Waals surface area contributed by atoms with E-state index in [9.17, 15) is 9.18 Å². The molecule has 2 aliphatic heterocycles. The first-order chi connectivity index (χ1) is 16.5. The molecule has 2 fully saturated rings. The number of hydrogen-bond acceptors (Lipinski definition) is 6. The Labute approximate surface area is 200 Å². The predicted octanol–water partition coefficient (Wildman–Crippen LogP) is 4.36. The van der Waals surface area contributed by atoms with Crippen LogP contribution in [-0.2, 0) is 0 Å². The van der Waals surface area contributed by atoms with Gasteiger partial charge in [-0.25, -0.2) is 9.37 Å². The van der Waals surface area contributed by atoms with Gasteiger partial charge in [0.05, 0.1) is 16.3 Å². The number of hydrogen-bond donors (Lipinski definition) is 0. The van der Waals surface area contributed by atoms with Gasteiger partial charge in [0.15, 0.2) is 5.13 Å². The molecular formula is C26H24FN5OS. The van der Waals surface area contributed by atoms with E-state index in [4.69, 9.17) is 10.1 Å². The molecule has 6 nitrogen and oxygen atoms in total. The summed E-state index contributed by atoms with van der Waals surface area (Å²) in [6.45, 7) is 3.94. The molecule has 2 aromatic heterocycles. The van der Waals surface area contributed by atoms with Gasteiger partial charge >= 0.3 is 0 Å². The molecule has 2 aromatic carbocycles. The summed E-state index contributed by atoms with van der Waals surface area (Å²) in [4.78, 5) is 23.4. The Morgan fingerprint density at radius 1 is 1.00 bits per heavy atom. The second-order valence-corrected chi connectivity index (χ2v) is 10.0. The minimum atomic E-state index is -0.285. The highest BCUT2D eigenvalue weighted by molar-refractivity contribution is 7.19. The number of piperazine rings is 1. The lowest BCUT2D eigenvalue weighted by atomic mass is 10.1. The van der Waals surface area contributed by atoms with E-state index >= 15 is 0 Å². The van der Waals surface area contributed by atoms with E-state index < -0.39 is 0 Å². The number of fused-ring (bicyclic) bond motifs is 2. The van der Waals surface area contributed by atoms with Crippen LogP contribution in [0.3, 0.4) is 0 Å². The van der Waals surface area contributed by atoms with Gasteiger partial charge in [0.25, 0.3) is 5.56 Å². The lowest BCUT2D eigenvalue weighted by molar-refractivity contribution is 0.292. The van der Waals surface area contributed by atoms with Gasteiger partial charge in [0, 0.05) is 36.8 Å². The van der Waals surface area contributed by atoms with Crippen molar-refractivity contribution >= 4 is 16.5 Å². The highest BCUT2D eigenvalue weighted by Crippen LogP contribution is 2.43. The third kappa shape index (κ3) is 3.54. The van der Waals surface area contributed by atoms with Crippen molar-refractivity contribution in [3.8, 4) is 27.5 Å². The monoisotopic (exact) mass is 473 g/mol. The van der Waals surface area contributed by atoms with Crippen LogP contribution in [0.25, 0.3) is 27.5 Å². The van der Waals surface area contributed by atoms with Gasteiger partial charge in [-0.05, 0) is 62.4 Å². The van der Waals surface area contributed by atoms with Crippen LogP contribution in [-0.4, -0.2) is 51.9 Å². The normalized spacial score (nSPS) is 19.8. The van der Waals surface area contributed by atoms with Gasteiger partial charge in [0.1, 0.15) is 11.5 Å². The van der Waals surface area contributed by atoms with E-state index in [1.54, 1.807) is 35.6 Å². The third-order valence-electron chi connectivity index (χ3n) is 6.87. The van der Waals surface area contributed by atoms with Crippen molar-refractivity contribution in [2.45, 2.75) is 25.4 Å². The molecule has 8 heteroatoms. The summed E-state index contributed by atoms with van der Waals surface area (Å²) in [6.07, 6.45) is 1.15. The molecule has 2 saturated heterocycles. The average Bonchev–Trinajstić information content (AvgIpc) is 3.54. The van der Waals surface area contributed by atoms with Crippen molar-refractivity contribution in [1.29, 1.82) is 0 Å². The number of halogens is 1. The molecule has 34 heavy (non-hydrogen) atoms. The molecular weight excluding hydrogens is 449 g/mol. The first-order valence-corrected chi connectivity index (χ1v) is 12.2. The minimum absolute atomic E-state index is 0.189. The Kier molecular flexibility index (Phi) is 5.08. The van der Waals surface area contributed by atoms with E-state index in [2.05, 4.69) is 16.8 Å². The number of aryl methyl sites for hydroxylation is 1. The zero-order valence-corrected chi connectivity index (χ0v) is 19.8. The Morgan fingerprint density at radius 2 is 1.79 bits per heavy atom. The van der Waals surface area contributed by atoms with E-state index in [1.807, 2.05) is 31.2 Å². The summed E-state index contributed by atoms with van der Waals surface area (Å²) < 4.78 is 15.1. The zero-order chi connectivity index (χ0) is 23.4. The lowest BCUT2D eigenvalue weighted by Crippen LogP contribution is -2.44. The van der Waals surface area contributed by atoms with Crippen LogP contribution in [0.15, 0.2) is 65.5 Å². The maximum atomic E-state index is 13.7. The summed E-state index contributed by atoms with van der Waals surface area (Å²) in [5.74, 6) is -0.285. The quantitative estimate of drug-likeness (QED) is 0.441. The van der Waals surface area contributed by atoms with Crippen molar-refractivity contribution < 1.29 is 4.39 Å². The van der Waals surface area contributed by atoms with Crippen LogP contribution >= 0.6 is 11.3 Å². The molecule has 0 aliphatic carbocycles. The highest BCUT2D eigenvalue weighted by atomic mass is 32.1. The van der Waals surface area contributed by atoms with Crippen LogP contribution in [0, 0.1) is 12.7 Å².